The Balaban J connectivity index is 1.35. The fraction of sp³-hybridized carbons (Fsp3) is 0.286. The zero-order chi connectivity index (χ0) is 22.0. The molecule has 1 aromatic carbocycles. The van der Waals surface area contributed by atoms with E-state index < -0.39 is 11.6 Å². The predicted octanol–water partition coefficient (Wildman–Crippen LogP) is 2.25. The maximum Gasteiger partial charge on any atom is 0.224 e. The Labute approximate surface area is 178 Å². The molecule has 0 saturated carbocycles. The molecule has 162 valence electrons. The van der Waals surface area contributed by atoms with Gasteiger partial charge in [-0.1, -0.05) is 12.2 Å². The van der Waals surface area contributed by atoms with E-state index in [0.29, 0.717) is 24.6 Å². The van der Waals surface area contributed by atoms with Gasteiger partial charge < -0.3 is 16.4 Å². The molecule has 0 amide bonds. The zero-order valence-corrected chi connectivity index (χ0v) is 17.2. The highest BCUT2D eigenvalue weighted by Crippen LogP contribution is 2.20. The van der Waals surface area contributed by atoms with Crippen molar-refractivity contribution in [2.75, 3.05) is 49.1 Å². The van der Waals surface area contributed by atoms with Crippen LogP contribution >= 0.6 is 0 Å². The lowest BCUT2D eigenvalue weighted by Gasteiger charge is -2.35. The minimum absolute atomic E-state index is 0.0992. The largest absolute Gasteiger partial charge is 0.383 e. The number of aromatic nitrogens is 4. The van der Waals surface area contributed by atoms with Crippen LogP contribution in [0.4, 0.5) is 26.2 Å². The Hall–Kier alpha value is -3.53. The second kappa shape index (κ2) is 8.68. The van der Waals surface area contributed by atoms with Crippen molar-refractivity contribution in [3.8, 4) is 5.82 Å². The lowest BCUT2D eigenvalue weighted by molar-refractivity contribution is 0.284. The fourth-order valence-electron chi connectivity index (χ4n) is 3.64. The standard InChI is InChI=1S/C21H24F2N8/c1-14-15(13-26-31(14)20-12-19(24)27-21(25)28-20)3-2-4-29-5-7-30(8-6-29)18-10-16(22)9-17(23)11-18/h2-3,9-13H,4-8H2,1H3,(H4,24,25,27,28). The summed E-state index contributed by atoms with van der Waals surface area (Å²) in [7, 11) is 0. The molecule has 3 aromatic rings. The van der Waals surface area contributed by atoms with Gasteiger partial charge in [0.1, 0.15) is 17.5 Å². The van der Waals surface area contributed by atoms with Crippen LogP contribution in [0.5, 0.6) is 0 Å². The highest BCUT2D eigenvalue weighted by molar-refractivity contribution is 5.53. The molecule has 0 atom stereocenters. The van der Waals surface area contributed by atoms with E-state index in [1.165, 1.54) is 12.1 Å². The van der Waals surface area contributed by atoms with Gasteiger partial charge in [-0.25, -0.2) is 13.5 Å². The lowest BCUT2D eigenvalue weighted by atomic mass is 10.2. The van der Waals surface area contributed by atoms with Gasteiger partial charge in [0.2, 0.25) is 5.95 Å². The van der Waals surface area contributed by atoms with Crippen molar-refractivity contribution in [1.29, 1.82) is 0 Å². The second-order valence-electron chi connectivity index (χ2n) is 7.42. The summed E-state index contributed by atoms with van der Waals surface area (Å²) in [5, 5.41) is 4.37. The van der Waals surface area contributed by atoms with Crippen LogP contribution in [0.15, 0.2) is 36.5 Å². The molecule has 1 fully saturated rings. The van der Waals surface area contributed by atoms with Crippen LogP contribution < -0.4 is 16.4 Å². The summed E-state index contributed by atoms with van der Waals surface area (Å²) < 4.78 is 28.6. The Bertz CT molecular complexity index is 1060. The summed E-state index contributed by atoms with van der Waals surface area (Å²) in [6.07, 6.45) is 5.85. The van der Waals surface area contributed by atoms with Crippen molar-refractivity contribution in [2.24, 2.45) is 0 Å². The Morgan fingerprint density at radius 2 is 1.71 bits per heavy atom. The van der Waals surface area contributed by atoms with E-state index in [1.54, 1.807) is 16.9 Å². The molecule has 1 saturated heterocycles. The molecule has 2 aromatic heterocycles. The van der Waals surface area contributed by atoms with Gasteiger partial charge in [-0.2, -0.15) is 15.1 Å². The second-order valence-corrected chi connectivity index (χ2v) is 7.42. The van der Waals surface area contributed by atoms with E-state index in [4.69, 9.17) is 11.5 Å². The molecule has 1 aliphatic heterocycles. The molecule has 10 heteroatoms. The van der Waals surface area contributed by atoms with Gasteiger partial charge in [0.25, 0.3) is 0 Å². The molecule has 0 aliphatic carbocycles. The molecule has 0 spiro atoms. The Morgan fingerprint density at radius 1 is 1.00 bits per heavy atom. The molecule has 31 heavy (non-hydrogen) atoms. The molecule has 0 unspecified atom stereocenters. The summed E-state index contributed by atoms with van der Waals surface area (Å²) in [5.74, 6) is -0.198. The zero-order valence-electron chi connectivity index (χ0n) is 17.2. The van der Waals surface area contributed by atoms with Crippen molar-refractivity contribution < 1.29 is 8.78 Å². The quantitative estimate of drug-likeness (QED) is 0.645. The first kappa shape index (κ1) is 20.7. The van der Waals surface area contributed by atoms with E-state index >= 15 is 0 Å². The molecule has 0 bridgehead atoms. The molecule has 4 rings (SSSR count). The highest BCUT2D eigenvalue weighted by Gasteiger charge is 2.17. The van der Waals surface area contributed by atoms with Gasteiger partial charge in [0, 0.05) is 56.1 Å². The Morgan fingerprint density at radius 3 is 2.39 bits per heavy atom. The summed E-state index contributed by atoms with van der Waals surface area (Å²) in [6, 6.07) is 5.26. The third-order valence-electron chi connectivity index (χ3n) is 5.26. The summed E-state index contributed by atoms with van der Waals surface area (Å²) in [5.41, 5.74) is 13.9. The van der Waals surface area contributed by atoms with Crippen molar-refractivity contribution in [2.45, 2.75) is 6.92 Å². The van der Waals surface area contributed by atoms with Crippen LogP contribution in [0.3, 0.4) is 0 Å². The van der Waals surface area contributed by atoms with Crippen molar-refractivity contribution >= 4 is 23.5 Å². The Kier molecular flexibility index (Phi) is 5.81. The van der Waals surface area contributed by atoms with Gasteiger partial charge in [0.15, 0.2) is 5.82 Å². The van der Waals surface area contributed by atoms with Crippen molar-refractivity contribution in [1.82, 2.24) is 24.6 Å². The molecule has 3 heterocycles. The summed E-state index contributed by atoms with van der Waals surface area (Å²) in [6.45, 7) is 5.75. The lowest BCUT2D eigenvalue weighted by Crippen LogP contribution is -2.46. The van der Waals surface area contributed by atoms with Crippen LogP contribution in [0.2, 0.25) is 0 Å². The maximum absolute atomic E-state index is 13.5. The molecule has 0 radical (unpaired) electrons. The molecule has 8 nitrogen and oxygen atoms in total. The minimum atomic E-state index is -0.552. The van der Waals surface area contributed by atoms with E-state index in [9.17, 15) is 8.78 Å². The van der Waals surface area contributed by atoms with E-state index in [2.05, 4.69) is 26.0 Å². The van der Waals surface area contributed by atoms with Crippen LogP contribution in [0.1, 0.15) is 11.3 Å². The topological polar surface area (TPSA) is 102 Å². The minimum Gasteiger partial charge on any atom is -0.383 e. The van der Waals surface area contributed by atoms with Crippen LogP contribution in [0.25, 0.3) is 11.9 Å². The van der Waals surface area contributed by atoms with Gasteiger partial charge in [-0.3, -0.25) is 4.90 Å². The predicted molar refractivity (Wildman–Crippen MR) is 117 cm³/mol. The van der Waals surface area contributed by atoms with Crippen LogP contribution in [0, 0.1) is 18.6 Å². The number of nitrogens with zero attached hydrogens (tertiary/aromatic N) is 6. The van der Waals surface area contributed by atoms with Gasteiger partial charge >= 0.3 is 0 Å². The average Bonchev–Trinajstić information content (AvgIpc) is 3.07. The normalized spacial score (nSPS) is 15.1. The highest BCUT2D eigenvalue weighted by atomic mass is 19.1. The number of nitrogen functional groups attached to an aromatic ring is 2. The number of hydrogen-bond acceptors (Lipinski definition) is 7. The molecular weight excluding hydrogens is 402 g/mol. The van der Waals surface area contributed by atoms with Gasteiger partial charge in [-0.15, -0.1) is 0 Å². The maximum atomic E-state index is 13.5. The molecular formula is C21H24F2N8. The van der Waals surface area contributed by atoms with Gasteiger partial charge in [-0.05, 0) is 19.1 Å². The average molecular weight is 426 g/mol. The third kappa shape index (κ3) is 4.80. The van der Waals surface area contributed by atoms with Crippen LogP contribution in [-0.4, -0.2) is 57.4 Å². The first-order valence-corrected chi connectivity index (χ1v) is 9.94. The van der Waals surface area contributed by atoms with Crippen molar-refractivity contribution in [3.63, 3.8) is 0 Å². The van der Waals surface area contributed by atoms with E-state index in [0.717, 1.165) is 37.0 Å². The van der Waals surface area contributed by atoms with E-state index in [-0.39, 0.29) is 11.8 Å². The third-order valence-corrected chi connectivity index (χ3v) is 5.26. The summed E-state index contributed by atoms with van der Waals surface area (Å²) >= 11 is 0. The fourth-order valence-corrected chi connectivity index (χ4v) is 3.64. The smallest absolute Gasteiger partial charge is 0.224 e. The number of hydrogen-bond donors (Lipinski definition) is 2. The van der Waals surface area contributed by atoms with Gasteiger partial charge in [0.05, 0.1) is 11.9 Å². The molecule has 1 aliphatic rings. The SMILES string of the molecule is Cc1c(C=CCN2CCN(c3cc(F)cc(F)c3)CC2)cnn1-c1cc(N)nc(N)n1. The van der Waals surface area contributed by atoms with Crippen molar-refractivity contribution in [3.05, 3.63) is 59.4 Å². The van der Waals surface area contributed by atoms with Crippen LogP contribution in [-0.2, 0) is 0 Å². The number of benzene rings is 1. The number of nitrogens with two attached hydrogens (primary N) is 2. The first-order valence-electron chi connectivity index (χ1n) is 9.94. The number of halogens is 2. The monoisotopic (exact) mass is 426 g/mol. The summed E-state index contributed by atoms with van der Waals surface area (Å²) in [4.78, 5) is 12.3. The number of anilines is 3. The number of piperazine rings is 1. The van der Waals surface area contributed by atoms with E-state index in [1.807, 2.05) is 17.9 Å². The first-order chi connectivity index (χ1) is 14.9. The molecule has 4 N–H and O–H groups in total. The number of rotatable bonds is 5.